The molecule has 0 aromatic carbocycles. The number of fused-ring (bicyclic) bond motifs is 2. The Morgan fingerprint density at radius 3 is 2.47 bits per heavy atom. The highest BCUT2D eigenvalue weighted by atomic mass is 16.5. The Kier molecular flexibility index (Phi) is 2.33. The van der Waals surface area contributed by atoms with Crippen LogP contribution in [0.5, 0.6) is 0 Å². The molecule has 0 saturated carbocycles. The molecule has 2 aliphatic rings. The van der Waals surface area contributed by atoms with E-state index in [2.05, 4.69) is 6.07 Å². The van der Waals surface area contributed by atoms with Gasteiger partial charge in [0.05, 0.1) is 24.4 Å². The SMILES string of the molecule is CC(C)(C)C(O)C1(C#N)CC2CCC1O2. The van der Waals surface area contributed by atoms with Crippen molar-refractivity contribution in [3.63, 3.8) is 0 Å². The summed E-state index contributed by atoms with van der Waals surface area (Å²) in [5.74, 6) is 0. The fourth-order valence-electron chi connectivity index (χ4n) is 2.98. The normalized spacial score (nSPS) is 41.5. The molecule has 2 aliphatic heterocycles. The lowest BCUT2D eigenvalue weighted by Gasteiger charge is -2.40. The molecule has 3 nitrogen and oxygen atoms in total. The highest BCUT2D eigenvalue weighted by Crippen LogP contribution is 2.52. The second-order valence-electron chi connectivity index (χ2n) is 5.95. The van der Waals surface area contributed by atoms with Gasteiger partial charge in [-0.2, -0.15) is 5.26 Å². The summed E-state index contributed by atoms with van der Waals surface area (Å²) >= 11 is 0. The molecule has 0 aromatic rings. The Bertz CT molecular complexity index is 302. The van der Waals surface area contributed by atoms with Gasteiger partial charge in [0.25, 0.3) is 0 Å². The Labute approximate surface area is 91.0 Å². The van der Waals surface area contributed by atoms with E-state index in [4.69, 9.17) is 4.74 Å². The smallest absolute Gasteiger partial charge is 0.112 e. The number of ether oxygens (including phenoxy) is 1. The number of aliphatic hydroxyl groups is 1. The van der Waals surface area contributed by atoms with Crippen LogP contribution in [0.2, 0.25) is 0 Å². The first kappa shape index (κ1) is 10.9. The molecule has 15 heavy (non-hydrogen) atoms. The number of rotatable bonds is 1. The van der Waals surface area contributed by atoms with E-state index < -0.39 is 11.5 Å². The summed E-state index contributed by atoms with van der Waals surface area (Å²) < 4.78 is 5.71. The fourth-order valence-corrected chi connectivity index (χ4v) is 2.98. The van der Waals surface area contributed by atoms with Gasteiger partial charge in [-0.25, -0.2) is 0 Å². The molecule has 1 N–H and O–H groups in total. The van der Waals surface area contributed by atoms with Crippen LogP contribution in [0.1, 0.15) is 40.0 Å². The summed E-state index contributed by atoms with van der Waals surface area (Å²) in [4.78, 5) is 0. The van der Waals surface area contributed by atoms with E-state index >= 15 is 0 Å². The van der Waals surface area contributed by atoms with Crippen molar-refractivity contribution < 1.29 is 9.84 Å². The molecular weight excluding hydrogens is 190 g/mol. The molecule has 2 fully saturated rings. The van der Waals surface area contributed by atoms with Gasteiger partial charge in [-0.05, 0) is 24.7 Å². The zero-order valence-electron chi connectivity index (χ0n) is 9.66. The third-order valence-corrected chi connectivity index (χ3v) is 3.76. The minimum absolute atomic E-state index is 0.0540. The molecule has 4 atom stereocenters. The molecule has 2 bridgehead atoms. The summed E-state index contributed by atoms with van der Waals surface area (Å²) in [7, 11) is 0. The predicted octanol–water partition coefficient (Wildman–Crippen LogP) is 1.85. The molecule has 2 heterocycles. The van der Waals surface area contributed by atoms with Gasteiger partial charge in [-0.15, -0.1) is 0 Å². The van der Waals surface area contributed by atoms with E-state index in [-0.39, 0.29) is 17.6 Å². The zero-order valence-corrected chi connectivity index (χ0v) is 9.66. The summed E-state index contributed by atoms with van der Waals surface area (Å²) in [5, 5.41) is 19.7. The molecule has 84 valence electrons. The van der Waals surface area contributed by atoms with Crippen LogP contribution < -0.4 is 0 Å². The van der Waals surface area contributed by atoms with Crippen molar-refractivity contribution in [3.8, 4) is 6.07 Å². The van der Waals surface area contributed by atoms with E-state index in [9.17, 15) is 10.4 Å². The average molecular weight is 209 g/mol. The lowest BCUT2D eigenvalue weighted by Crippen LogP contribution is -2.48. The van der Waals surface area contributed by atoms with Crippen LogP contribution in [0.3, 0.4) is 0 Å². The number of hydrogen-bond donors (Lipinski definition) is 1. The molecule has 0 aliphatic carbocycles. The summed E-state index contributed by atoms with van der Waals surface area (Å²) in [6.07, 6.45) is 2.21. The van der Waals surface area contributed by atoms with Crippen LogP contribution in [-0.4, -0.2) is 23.4 Å². The number of aliphatic hydroxyl groups excluding tert-OH is 1. The van der Waals surface area contributed by atoms with Crippen molar-refractivity contribution in [2.75, 3.05) is 0 Å². The van der Waals surface area contributed by atoms with E-state index in [1.54, 1.807) is 0 Å². The summed E-state index contributed by atoms with van der Waals surface area (Å²) in [6, 6.07) is 2.34. The average Bonchev–Trinajstić information content (AvgIpc) is 2.74. The van der Waals surface area contributed by atoms with Crippen molar-refractivity contribution in [2.45, 2.75) is 58.3 Å². The summed E-state index contributed by atoms with van der Waals surface area (Å²) in [5.41, 5.74) is -0.926. The van der Waals surface area contributed by atoms with Crippen LogP contribution in [0.25, 0.3) is 0 Å². The van der Waals surface area contributed by atoms with Gasteiger partial charge in [0.2, 0.25) is 0 Å². The largest absolute Gasteiger partial charge is 0.391 e. The van der Waals surface area contributed by atoms with Crippen LogP contribution in [0.4, 0.5) is 0 Å². The van der Waals surface area contributed by atoms with Crippen LogP contribution in [0.15, 0.2) is 0 Å². The standard InChI is InChI=1S/C12H19NO2/c1-11(2,3)10(14)12(7-13)6-8-4-5-9(12)15-8/h8-10,14H,4-6H2,1-3H3. The Morgan fingerprint density at radius 2 is 2.13 bits per heavy atom. The molecule has 4 unspecified atom stereocenters. The lowest BCUT2D eigenvalue weighted by molar-refractivity contribution is -0.0536. The molecule has 0 aromatic heterocycles. The second kappa shape index (κ2) is 3.20. The van der Waals surface area contributed by atoms with Crippen molar-refractivity contribution in [1.82, 2.24) is 0 Å². The van der Waals surface area contributed by atoms with Crippen molar-refractivity contribution in [3.05, 3.63) is 0 Å². The minimum Gasteiger partial charge on any atom is -0.391 e. The topological polar surface area (TPSA) is 53.2 Å². The molecule has 0 radical (unpaired) electrons. The molecule has 3 heteroatoms. The maximum atomic E-state index is 10.4. The monoisotopic (exact) mass is 209 g/mol. The van der Waals surface area contributed by atoms with Gasteiger partial charge in [-0.3, -0.25) is 0 Å². The van der Waals surface area contributed by atoms with Gasteiger partial charge in [0.15, 0.2) is 0 Å². The minimum atomic E-state index is -0.666. The second-order valence-corrected chi connectivity index (χ2v) is 5.95. The van der Waals surface area contributed by atoms with Crippen molar-refractivity contribution >= 4 is 0 Å². The zero-order chi connectivity index (χ0) is 11.3. The van der Waals surface area contributed by atoms with Gasteiger partial charge in [0.1, 0.15) is 5.41 Å². The molecule has 2 saturated heterocycles. The predicted molar refractivity (Wildman–Crippen MR) is 56.0 cm³/mol. The van der Waals surface area contributed by atoms with E-state index in [0.29, 0.717) is 6.42 Å². The fraction of sp³-hybridized carbons (Fsp3) is 0.917. The maximum absolute atomic E-state index is 10.4. The maximum Gasteiger partial charge on any atom is 0.112 e. The third-order valence-electron chi connectivity index (χ3n) is 3.76. The van der Waals surface area contributed by atoms with Crippen LogP contribution in [-0.2, 0) is 4.74 Å². The quantitative estimate of drug-likeness (QED) is 0.717. The van der Waals surface area contributed by atoms with E-state index in [1.165, 1.54) is 0 Å². The van der Waals surface area contributed by atoms with E-state index in [0.717, 1.165) is 12.8 Å². The van der Waals surface area contributed by atoms with E-state index in [1.807, 2.05) is 20.8 Å². The molecular formula is C12H19NO2. The van der Waals surface area contributed by atoms with Crippen LogP contribution in [0, 0.1) is 22.2 Å². The van der Waals surface area contributed by atoms with Gasteiger partial charge in [-0.1, -0.05) is 20.8 Å². The van der Waals surface area contributed by atoms with Crippen LogP contribution >= 0.6 is 0 Å². The lowest BCUT2D eigenvalue weighted by atomic mass is 9.64. The molecule has 0 spiro atoms. The highest BCUT2D eigenvalue weighted by molar-refractivity contribution is 5.17. The van der Waals surface area contributed by atoms with Gasteiger partial charge >= 0.3 is 0 Å². The number of nitrogens with zero attached hydrogens (tertiary/aromatic N) is 1. The first-order valence-electron chi connectivity index (χ1n) is 5.65. The van der Waals surface area contributed by atoms with Crippen molar-refractivity contribution in [1.29, 1.82) is 5.26 Å². The summed E-state index contributed by atoms with van der Waals surface area (Å²) in [6.45, 7) is 5.92. The Balaban J connectivity index is 2.28. The first-order chi connectivity index (χ1) is 6.90. The van der Waals surface area contributed by atoms with Gasteiger partial charge in [0, 0.05) is 0 Å². The third kappa shape index (κ3) is 1.47. The molecule has 0 amide bonds. The van der Waals surface area contributed by atoms with Gasteiger partial charge < -0.3 is 9.84 Å². The number of hydrogen-bond acceptors (Lipinski definition) is 3. The Hall–Kier alpha value is -0.590. The highest BCUT2D eigenvalue weighted by Gasteiger charge is 2.59. The first-order valence-corrected chi connectivity index (χ1v) is 5.65. The molecule has 2 rings (SSSR count). The number of nitriles is 1. The van der Waals surface area contributed by atoms with Crippen molar-refractivity contribution in [2.24, 2.45) is 10.8 Å². The Morgan fingerprint density at radius 1 is 1.47 bits per heavy atom.